The van der Waals surface area contributed by atoms with Crippen LogP contribution in [-0.2, 0) is 27.5 Å². The van der Waals surface area contributed by atoms with Gasteiger partial charge in [0, 0.05) is 0 Å². The van der Waals surface area contributed by atoms with Gasteiger partial charge in [0.2, 0.25) is 0 Å². The Labute approximate surface area is 129 Å². The fourth-order valence-corrected chi connectivity index (χ4v) is 1.84. The van der Waals surface area contributed by atoms with Crippen molar-refractivity contribution in [1.82, 2.24) is 0 Å². The first-order valence-electron chi connectivity index (χ1n) is 7.04. The molecule has 0 amide bonds. The lowest BCUT2D eigenvalue weighted by Gasteiger charge is -2.08. The zero-order valence-electron chi connectivity index (χ0n) is 12.5. The first-order chi connectivity index (χ1) is 10.6. The van der Waals surface area contributed by atoms with E-state index in [1.807, 2.05) is 54.6 Å². The summed E-state index contributed by atoms with van der Waals surface area (Å²) in [7, 11) is 0. The lowest BCUT2D eigenvalue weighted by atomic mass is 10.2. The van der Waals surface area contributed by atoms with Gasteiger partial charge in [-0.15, -0.1) is 0 Å². The average molecular weight is 298 g/mol. The van der Waals surface area contributed by atoms with E-state index < -0.39 is 5.97 Å². The molecule has 0 bridgehead atoms. The molecular weight excluding hydrogens is 280 g/mol. The normalized spacial score (nSPS) is 10.0. The van der Waals surface area contributed by atoms with E-state index in [2.05, 4.69) is 0 Å². The molecule has 2 aromatic rings. The van der Waals surface area contributed by atoms with Crippen molar-refractivity contribution < 1.29 is 19.1 Å². The summed E-state index contributed by atoms with van der Waals surface area (Å²) in [6.45, 7) is 2.03. The Hall–Kier alpha value is -2.62. The fourth-order valence-electron chi connectivity index (χ4n) is 1.84. The molecule has 0 aromatic heterocycles. The Balaban J connectivity index is 1.80. The van der Waals surface area contributed by atoms with Crippen LogP contribution in [0.4, 0.5) is 0 Å². The van der Waals surface area contributed by atoms with Crippen LogP contribution < -0.4 is 4.74 Å². The van der Waals surface area contributed by atoms with Crippen molar-refractivity contribution in [2.45, 2.75) is 26.6 Å². The molecule has 0 aliphatic heterocycles. The Morgan fingerprint density at radius 1 is 0.864 bits per heavy atom. The molecule has 2 aromatic carbocycles. The van der Waals surface area contributed by atoms with Crippen LogP contribution in [0.3, 0.4) is 0 Å². The number of ether oxygens (including phenoxy) is 2. The molecule has 0 fully saturated rings. The molecule has 0 unspecified atom stereocenters. The second kappa shape index (κ2) is 7.98. The van der Waals surface area contributed by atoms with E-state index in [0.29, 0.717) is 6.61 Å². The fraction of sp³-hybridized carbons (Fsp3) is 0.222. The highest BCUT2D eigenvalue weighted by atomic mass is 16.5. The number of esters is 1. The third-order valence-electron chi connectivity index (χ3n) is 2.96. The van der Waals surface area contributed by atoms with Crippen molar-refractivity contribution in [1.29, 1.82) is 0 Å². The standard InChI is InChI=1S/C18H18O4/c1-14(19)11-18(20)22-13-16-7-9-17(10-8-16)21-12-15-5-3-2-4-6-15/h2-10H,11-13H2,1H3. The van der Waals surface area contributed by atoms with Gasteiger partial charge in [0.25, 0.3) is 0 Å². The highest BCUT2D eigenvalue weighted by Gasteiger charge is 2.06. The molecule has 0 aliphatic rings. The summed E-state index contributed by atoms with van der Waals surface area (Å²) in [4.78, 5) is 22.1. The zero-order valence-corrected chi connectivity index (χ0v) is 12.5. The highest BCUT2D eigenvalue weighted by Crippen LogP contribution is 2.15. The van der Waals surface area contributed by atoms with Crippen molar-refractivity contribution in [2.75, 3.05) is 0 Å². The minimum Gasteiger partial charge on any atom is -0.489 e. The van der Waals surface area contributed by atoms with Gasteiger partial charge in [0.05, 0.1) is 0 Å². The molecule has 0 aliphatic carbocycles. The smallest absolute Gasteiger partial charge is 0.313 e. The molecule has 4 heteroatoms. The predicted molar refractivity (Wildman–Crippen MR) is 82.3 cm³/mol. The number of hydrogen-bond acceptors (Lipinski definition) is 4. The van der Waals surface area contributed by atoms with Gasteiger partial charge < -0.3 is 9.47 Å². The second-order valence-electron chi connectivity index (χ2n) is 4.96. The third kappa shape index (κ3) is 5.40. The maximum absolute atomic E-state index is 11.3. The average Bonchev–Trinajstić information content (AvgIpc) is 2.52. The van der Waals surface area contributed by atoms with E-state index in [-0.39, 0.29) is 18.8 Å². The molecule has 0 saturated heterocycles. The van der Waals surface area contributed by atoms with E-state index >= 15 is 0 Å². The predicted octanol–water partition coefficient (Wildman–Crippen LogP) is 3.29. The number of carbonyl (C=O) groups is 2. The quantitative estimate of drug-likeness (QED) is 0.581. The van der Waals surface area contributed by atoms with E-state index in [4.69, 9.17) is 9.47 Å². The summed E-state index contributed by atoms with van der Waals surface area (Å²) in [5, 5.41) is 0. The molecule has 22 heavy (non-hydrogen) atoms. The molecule has 4 nitrogen and oxygen atoms in total. The molecule has 114 valence electrons. The van der Waals surface area contributed by atoms with Crippen LogP contribution in [0.5, 0.6) is 5.75 Å². The van der Waals surface area contributed by atoms with Crippen molar-refractivity contribution in [3.63, 3.8) is 0 Å². The summed E-state index contributed by atoms with van der Waals surface area (Å²) in [6, 6.07) is 17.2. The van der Waals surface area contributed by atoms with Gasteiger partial charge in [-0.25, -0.2) is 0 Å². The zero-order chi connectivity index (χ0) is 15.8. The maximum atomic E-state index is 11.3. The van der Waals surface area contributed by atoms with Gasteiger partial charge in [-0.05, 0) is 30.2 Å². The van der Waals surface area contributed by atoms with Crippen molar-refractivity contribution in [3.8, 4) is 5.75 Å². The van der Waals surface area contributed by atoms with Gasteiger partial charge in [-0.2, -0.15) is 0 Å². The van der Waals surface area contributed by atoms with E-state index in [9.17, 15) is 9.59 Å². The van der Waals surface area contributed by atoms with Crippen LogP contribution in [0.1, 0.15) is 24.5 Å². The molecular formula is C18H18O4. The van der Waals surface area contributed by atoms with E-state index in [0.717, 1.165) is 16.9 Å². The Bertz CT molecular complexity index is 617. The number of carbonyl (C=O) groups excluding carboxylic acids is 2. The largest absolute Gasteiger partial charge is 0.489 e. The summed E-state index contributed by atoms with van der Waals surface area (Å²) in [5.41, 5.74) is 1.95. The molecule has 0 heterocycles. The second-order valence-corrected chi connectivity index (χ2v) is 4.96. The van der Waals surface area contributed by atoms with Crippen molar-refractivity contribution in [2.24, 2.45) is 0 Å². The SMILES string of the molecule is CC(=O)CC(=O)OCc1ccc(OCc2ccccc2)cc1. The minimum absolute atomic E-state index is 0.158. The lowest BCUT2D eigenvalue weighted by Crippen LogP contribution is -2.08. The summed E-state index contributed by atoms with van der Waals surface area (Å²) in [5.74, 6) is 0.0502. The number of rotatable bonds is 7. The Morgan fingerprint density at radius 3 is 2.14 bits per heavy atom. The van der Waals surface area contributed by atoms with E-state index in [1.165, 1.54) is 6.92 Å². The maximum Gasteiger partial charge on any atom is 0.313 e. The number of Topliss-reactive ketones (excluding diaryl/α,β-unsaturated/α-hetero) is 1. The topological polar surface area (TPSA) is 52.6 Å². The number of benzene rings is 2. The van der Waals surface area contributed by atoms with E-state index in [1.54, 1.807) is 0 Å². The molecule has 0 saturated carbocycles. The first-order valence-corrected chi connectivity index (χ1v) is 7.04. The van der Waals surface area contributed by atoms with Gasteiger partial charge >= 0.3 is 5.97 Å². The van der Waals surface area contributed by atoms with Crippen molar-refractivity contribution >= 4 is 11.8 Å². The first kappa shape index (κ1) is 15.8. The lowest BCUT2D eigenvalue weighted by molar-refractivity contribution is -0.146. The summed E-state index contributed by atoms with van der Waals surface area (Å²) in [6.07, 6.45) is -0.182. The highest BCUT2D eigenvalue weighted by molar-refractivity contribution is 5.94. The Morgan fingerprint density at radius 2 is 1.50 bits per heavy atom. The van der Waals surface area contributed by atoms with Crippen LogP contribution in [0.25, 0.3) is 0 Å². The monoisotopic (exact) mass is 298 g/mol. The van der Waals surface area contributed by atoms with Crippen LogP contribution in [0.15, 0.2) is 54.6 Å². The van der Waals surface area contributed by atoms with Crippen LogP contribution in [-0.4, -0.2) is 11.8 Å². The number of ketones is 1. The van der Waals surface area contributed by atoms with Gasteiger partial charge in [0.1, 0.15) is 31.2 Å². The Kier molecular flexibility index (Phi) is 5.72. The number of hydrogen-bond donors (Lipinski definition) is 0. The van der Waals surface area contributed by atoms with Crippen LogP contribution in [0, 0.1) is 0 Å². The summed E-state index contributed by atoms with van der Waals surface area (Å²) >= 11 is 0. The molecule has 0 radical (unpaired) electrons. The van der Waals surface area contributed by atoms with Crippen LogP contribution >= 0.6 is 0 Å². The van der Waals surface area contributed by atoms with Crippen LogP contribution in [0.2, 0.25) is 0 Å². The summed E-state index contributed by atoms with van der Waals surface area (Å²) < 4.78 is 10.7. The third-order valence-corrected chi connectivity index (χ3v) is 2.96. The molecule has 0 spiro atoms. The molecule has 2 rings (SSSR count). The van der Waals surface area contributed by atoms with Gasteiger partial charge in [-0.1, -0.05) is 42.5 Å². The molecule has 0 N–H and O–H groups in total. The van der Waals surface area contributed by atoms with Gasteiger partial charge in [0.15, 0.2) is 0 Å². The van der Waals surface area contributed by atoms with Crippen molar-refractivity contribution in [3.05, 3.63) is 65.7 Å². The molecule has 0 atom stereocenters. The van der Waals surface area contributed by atoms with Gasteiger partial charge in [-0.3, -0.25) is 9.59 Å². The minimum atomic E-state index is -0.503.